The number of amides is 2. The first kappa shape index (κ1) is 37.4. The minimum Gasteiger partial charge on any atom is -0.496 e. The van der Waals surface area contributed by atoms with E-state index in [-0.39, 0.29) is 38.7 Å². The van der Waals surface area contributed by atoms with Crippen LogP contribution in [0.1, 0.15) is 37.2 Å². The van der Waals surface area contributed by atoms with Crippen LogP contribution in [0.4, 0.5) is 0 Å². The second-order valence-electron chi connectivity index (χ2n) is 7.77. The molecule has 0 fully saturated rings. The van der Waals surface area contributed by atoms with Crippen molar-refractivity contribution in [1.82, 2.24) is 10.6 Å². The van der Waals surface area contributed by atoms with Gasteiger partial charge in [0.15, 0.2) is 6.29 Å². The number of rotatable bonds is 10. The number of hydrogen-bond donors (Lipinski definition) is 4. The Morgan fingerprint density at radius 3 is 1.80 bits per heavy atom. The zero-order valence-corrected chi connectivity index (χ0v) is 22.4. The maximum Gasteiger partial charge on any atom is 0.300 e. The second-order valence-corrected chi connectivity index (χ2v) is 7.77. The molecule has 0 saturated carbocycles. The van der Waals surface area contributed by atoms with Crippen LogP contribution in [-0.4, -0.2) is 74.4 Å². The SMILES string of the molecule is C.COc1ccccc1C=O.[C-]#[N+]/C(=C\c1ccccc1OC)C(=O)NCC(C)O.[C-]#[N+]CC(=O)NCC(C)O. The van der Waals surface area contributed by atoms with Gasteiger partial charge in [-0.1, -0.05) is 37.8 Å². The molecular formula is C29H38N4O7. The van der Waals surface area contributed by atoms with E-state index in [0.717, 1.165) is 6.29 Å². The number of methoxy groups -OCH3 is 2. The molecule has 2 amide bonds. The minimum absolute atomic E-state index is 0. The van der Waals surface area contributed by atoms with Crippen LogP contribution in [0.2, 0.25) is 0 Å². The molecule has 216 valence electrons. The number of nitrogens with zero attached hydrogens (tertiary/aromatic N) is 2. The zero-order valence-electron chi connectivity index (χ0n) is 22.4. The molecule has 2 atom stereocenters. The van der Waals surface area contributed by atoms with Gasteiger partial charge in [0.1, 0.15) is 11.5 Å². The summed E-state index contributed by atoms with van der Waals surface area (Å²) >= 11 is 0. The molecule has 2 aromatic carbocycles. The number of carbonyl (C=O) groups excluding carboxylic acids is 3. The van der Waals surface area contributed by atoms with Gasteiger partial charge in [0, 0.05) is 18.7 Å². The fourth-order valence-corrected chi connectivity index (χ4v) is 2.57. The third-order valence-corrected chi connectivity index (χ3v) is 4.43. The maximum absolute atomic E-state index is 11.7. The Morgan fingerprint density at radius 2 is 1.38 bits per heavy atom. The molecule has 0 aliphatic heterocycles. The second kappa shape index (κ2) is 22.3. The Kier molecular flexibility index (Phi) is 20.9. The lowest BCUT2D eigenvalue weighted by Gasteiger charge is -2.07. The van der Waals surface area contributed by atoms with E-state index in [2.05, 4.69) is 20.3 Å². The normalized spacial score (nSPS) is 11.1. The summed E-state index contributed by atoms with van der Waals surface area (Å²) in [5.41, 5.74) is 1.19. The third kappa shape index (κ3) is 16.2. The van der Waals surface area contributed by atoms with Gasteiger partial charge < -0.3 is 35.2 Å². The molecular weight excluding hydrogens is 516 g/mol. The largest absolute Gasteiger partial charge is 0.496 e. The molecule has 0 heterocycles. The van der Waals surface area contributed by atoms with Gasteiger partial charge in [-0.3, -0.25) is 14.4 Å². The van der Waals surface area contributed by atoms with Crippen molar-refractivity contribution in [3.63, 3.8) is 0 Å². The Morgan fingerprint density at radius 1 is 0.900 bits per heavy atom. The summed E-state index contributed by atoms with van der Waals surface area (Å²) in [5, 5.41) is 22.6. The molecule has 2 rings (SSSR count). The summed E-state index contributed by atoms with van der Waals surface area (Å²) in [5.74, 6) is 0.363. The number of hydrogen-bond acceptors (Lipinski definition) is 7. The average Bonchev–Trinajstić information content (AvgIpc) is 2.94. The molecule has 4 N–H and O–H groups in total. The number of aliphatic hydroxyl groups excluding tert-OH is 2. The summed E-state index contributed by atoms with van der Waals surface area (Å²) in [4.78, 5) is 38.6. The maximum atomic E-state index is 11.7. The van der Waals surface area contributed by atoms with E-state index in [0.29, 0.717) is 22.6 Å². The summed E-state index contributed by atoms with van der Waals surface area (Å²) in [6.07, 6.45) is 1.04. The van der Waals surface area contributed by atoms with Crippen LogP contribution in [0, 0.1) is 13.1 Å². The molecule has 0 radical (unpaired) electrons. The van der Waals surface area contributed by atoms with Crippen molar-refractivity contribution in [2.45, 2.75) is 33.5 Å². The smallest absolute Gasteiger partial charge is 0.300 e. The molecule has 0 aliphatic rings. The van der Waals surface area contributed by atoms with E-state index in [4.69, 9.17) is 32.8 Å². The lowest BCUT2D eigenvalue weighted by molar-refractivity contribution is -0.119. The van der Waals surface area contributed by atoms with E-state index in [1.807, 2.05) is 6.07 Å². The van der Waals surface area contributed by atoms with Crippen LogP contribution in [-0.2, 0) is 9.59 Å². The van der Waals surface area contributed by atoms with Gasteiger partial charge in [-0.15, -0.1) is 0 Å². The van der Waals surface area contributed by atoms with E-state index >= 15 is 0 Å². The highest BCUT2D eigenvalue weighted by atomic mass is 16.5. The molecule has 2 aromatic rings. The van der Waals surface area contributed by atoms with Crippen molar-refractivity contribution >= 4 is 24.2 Å². The lowest BCUT2D eigenvalue weighted by atomic mass is 10.1. The highest BCUT2D eigenvalue weighted by Gasteiger charge is 2.11. The van der Waals surface area contributed by atoms with Gasteiger partial charge in [-0.25, -0.2) is 11.4 Å². The first-order valence-corrected chi connectivity index (χ1v) is 11.7. The van der Waals surface area contributed by atoms with Crippen LogP contribution in [0.25, 0.3) is 15.8 Å². The van der Waals surface area contributed by atoms with Gasteiger partial charge in [0.2, 0.25) is 5.91 Å². The summed E-state index contributed by atoms with van der Waals surface area (Å²) < 4.78 is 10.1. The van der Waals surface area contributed by atoms with Crippen molar-refractivity contribution in [2.24, 2.45) is 0 Å². The monoisotopic (exact) mass is 554 g/mol. The summed E-state index contributed by atoms with van der Waals surface area (Å²) in [7, 11) is 3.07. The highest BCUT2D eigenvalue weighted by molar-refractivity contribution is 5.99. The molecule has 0 aromatic heterocycles. The number of carbonyl (C=O) groups is 3. The van der Waals surface area contributed by atoms with Crippen LogP contribution in [0.5, 0.6) is 11.5 Å². The number of aldehydes is 1. The molecule has 40 heavy (non-hydrogen) atoms. The number of benzene rings is 2. The van der Waals surface area contributed by atoms with Crippen molar-refractivity contribution in [3.05, 3.63) is 88.2 Å². The molecule has 11 heteroatoms. The number of nitrogens with one attached hydrogen (secondary N) is 2. The summed E-state index contributed by atoms with van der Waals surface area (Å²) in [6, 6.07) is 14.2. The van der Waals surface area contributed by atoms with Gasteiger partial charge in [-0.2, -0.15) is 0 Å². The van der Waals surface area contributed by atoms with Crippen molar-refractivity contribution in [3.8, 4) is 11.5 Å². The Bertz CT molecular complexity index is 1170. The molecule has 0 bridgehead atoms. The molecule has 0 saturated heterocycles. The van der Waals surface area contributed by atoms with Crippen LogP contribution in [0.15, 0.2) is 54.2 Å². The fourth-order valence-electron chi connectivity index (χ4n) is 2.57. The molecule has 11 nitrogen and oxygen atoms in total. The average molecular weight is 555 g/mol. The van der Waals surface area contributed by atoms with Crippen molar-refractivity contribution in [2.75, 3.05) is 33.9 Å². The molecule has 0 aliphatic carbocycles. The third-order valence-electron chi connectivity index (χ3n) is 4.43. The minimum atomic E-state index is -0.651. The topological polar surface area (TPSA) is 143 Å². The quantitative estimate of drug-likeness (QED) is 0.201. The van der Waals surface area contributed by atoms with Crippen LogP contribution >= 0.6 is 0 Å². The van der Waals surface area contributed by atoms with Gasteiger partial charge >= 0.3 is 0 Å². The fraction of sp³-hybridized carbons (Fsp3) is 0.345. The standard InChI is InChI=1S/C14H16N2O3.C8H8O2.C6H10N2O2.CH4/c1-10(17)9-16-14(18)12(15-2)8-11-6-4-5-7-13(11)19-3;1-10-8-5-3-2-4-7(8)6-9;1-5(9)3-8-6(10)4-7-2;/h4-8,10,17H,9H2,1,3H3,(H,16,18);2-6H,1H3;5,9H,3-4H2,1H3,(H,8,10);1H4/b12-8-;;;. The highest BCUT2D eigenvalue weighted by Crippen LogP contribution is 2.20. The van der Waals surface area contributed by atoms with Crippen LogP contribution in [0.3, 0.4) is 0 Å². The Labute approximate surface area is 236 Å². The molecule has 2 unspecified atom stereocenters. The Balaban J connectivity index is 0. The van der Waals surface area contributed by atoms with E-state index in [9.17, 15) is 14.4 Å². The van der Waals surface area contributed by atoms with Gasteiger partial charge in [-0.05, 0) is 38.1 Å². The first-order valence-electron chi connectivity index (χ1n) is 11.7. The lowest BCUT2D eigenvalue weighted by Crippen LogP contribution is -2.31. The number of ether oxygens (including phenoxy) is 2. The van der Waals surface area contributed by atoms with Gasteiger partial charge in [0.25, 0.3) is 18.1 Å². The molecule has 0 spiro atoms. The van der Waals surface area contributed by atoms with E-state index in [1.54, 1.807) is 63.4 Å². The van der Waals surface area contributed by atoms with Crippen molar-refractivity contribution in [1.29, 1.82) is 0 Å². The number of para-hydroxylation sites is 2. The van der Waals surface area contributed by atoms with Crippen molar-refractivity contribution < 1.29 is 34.1 Å². The first-order chi connectivity index (χ1) is 18.6. The number of aliphatic hydroxyl groups is 2. The van der Waals surface area contributed by atoms with Crippen LogP contribution < -0.4 is 20.1 Å². The predicted octanol–water partition coefficient (Wildman–Crippen LogP) is 3.00. The Hall–Kier alpha value is -4.71. The van der Waals surface area contributed by atoms with E-state index in [1.165, 1.54) is 13.2 Å². The zero-order chi connectivity index (χ0) is 29.6. The van der Waals surface area contributed by atoms with Gasteiger partial charge in [0.05, 0.1) is 38.6 Å². The predicted molar refractivity (Wildman–Crippen MR) is 154 cm³/mol. The van der Waals surface area contributed by atoms with E-state index < -0.39 is 18.1 Å². The summed E-state index contributed by atoms with van der Waals surface area (Å²) in [6.45, 7) is 16.7.